The van der Waals surface area contributed by atoms with E-state index in [2.05, 4.69) is 16.4 Å². The molecular weight excluding hydrogens is 396 g/mol. The van der Waals surface area contributed by atoms with E-state index in [9.17, 15) is 14.9 Å². The van der Waals surface area contributed by atoms with Crippen LogP contribution in [-0.4, -0.2) is 46.6 Å². The van der Waals surface area contributed by atoms with E-state index in [-0.39, 0.29) is 23.6 Å². The fourth-order valence-corrected chi connectivity index (χ4v) is 4.49. The number of benzene rings is 1. The first-order valence-corrected chi connectivity index (χ1v) is 11.0. The summed E-state index contributed by atoms with van der Waals surface area (Å²) < 4.78 is 0. The van der Waals surface area contributed by atoms with Crippen LogP contribution in [0.2, 0.25) is 0 Å². The maximum absolute atomic E-state index is 12.7. The van der Waals surface area contributed by atoms with E-state index in [1.54, 1.807) is 12.1 Å². The molecular formula is C23H26N4O2S. The van der Waals surface area contributed by atoms with Crippen molar-refractivity contribution in [3.8, 4) is 6.07 Å². The van der Waals surface area contributed by atoms with Crippen LogP contribution in [0, 0.1) is 32.1 Å². The molecule has 156 valence electrons. The molecule has 1 aliphatic rings. The van der Waals surface area contributed by atoms with Crippen LogP contribution in [0.3, 0.4) is 0 Å². The highest BCUT2D eigenvalue weighted by molar-refractivity contribution is 8.00. The highest BCUT2D eigenvalue weighted by atomic mass is 32.2. The maximum atomic E-state index is 12.7. The Morgan fingerprint density at radius 1 is 1.17 bits per heavy atom. The quantitative estimate of drug-likeness (QED) is 0.747. The lowest BCUT2D eigenvalue weighted by Crippen LogP contribution is -2.47. The third-order valence-electron chi connectivity index (χ3n) is 5.63. The summed E-state index contributed by atoms with van der Waals surface area (Å²) in [7, 11) is 0. The minimum atomic E-state index is -0.0730. The molecule has 2 heterocycles. The predicted molar refractivity (Wildman–Crippen MR) is 117 cm³/mol. The van der Waals surface area contributed by atoms with Crippen LogP contribution in [0.25, 0.3) is 0 Å². The fraction of sp³-hybridized carbons (Fsp3) is 0.391. The number of hydrogen-bond acceptors (Lipinski definition) is 5. The van der Waals surface area contributed by atoms with Gasteiger partial charge in [-0.25, -0.2) is 4.98 Å². The van der Waals surface area contributed by atoms with Crippen molar-refractivity contribution in [2.75, 3.05) is 18.8 Å². The Hall–Kier alpha value is -2.85. The molecule has 30 heavy (non-hydrogen) atoms. The van der Waals surface area contributed by atoms with Crippen molar-refractivity contribution < 1.29 is 9.59 Å². The summed E-state index contributed by atoms with van der Waals surface area (Å²) in [5, 5.41) is 13.2. The highest BCUT2D eigenvalue weighted by Crippen LogP contribution is 2.27. The van der Waals surface area contributed by atoms with Gasteiger partial charge in [-0.15, -0.1) is 0 Å². The van der Waals surface area contributed by atoms with Crippen LogP contribution in [0.1, 0.15) is 45.6 Å². The van der Waals surface area contributed by atoms with Crippen molar-refractivity contribution in [1.29, 1.82) is 5.26 Å². The van der Waals surface area contributed by atoms with Crippen molar-refractivity contribution in [1.82, 2.24) is 15.2 Å². The van der Waals surface area contributed by atoms with Gasteiger partial charge in [0, 0.05) is 30.4 Å². The Balaban J connectivity index is 1.52. The van der Waals surface area contributed by atoms with Crippen molar-refractivity contribution in [3.05, 3.63) is 58.3 Å². The van der Waals surface area contributed by atoms with E-state index in [4.69, 9.17) is 0 Å². The molecule has 6 nitrogen and oxygen atoms in total. The molecule has 1 N–H and O–H groups in total. The van der Waals surface area contributed by atoms with Crippen molar-refractivity contribution in [2.24, 2.45) is 0 Å². The van der Waals surface area contributed by atoms with E-state index >= 15 is 0 Å². The lowest BCUT2D eigenvalue weighted by atomic mass is 10.0. The van der Waals surface area contributed by atoms with E-state index < -0.39 is 0 Å². The first kappa shape index (κ1) is 21.8. The van der Waals surface area contributed by atoms with Crippen molar-refractivity contribution >= 4 is 23.6 Å². The van der Waals surface area contributed by atoms with Gasteiger partial charge in [-0.3, -0.25) is 9.59 Å². The topological polar surface area (TPSA) is 86.1 Å². The van der Waals surface area contributed by atoms with E-state index in [1.165, 1.54) is 11.8 Å². The van der Waals surface area contributed by atoms with Gasteiger partial charge in [-0.05, 0) is 56.9 Å². The smallest absolute Gasteiger partial charge is 0.251 e. The molecule has 1 aromatic heterocycles. The summed E-state index contributed by atoms with van der Waals surface area (Å²) in [5.41, 5.74) is 4.03. The van der Waals surface area contributed by atoms with Gasteiger partial charge in [0.2, 0.25) is 5.91 Å². The van der Waals surface area contributed by atoms with Gasteiger partial charge in [0.1, 0.15) is 11.1 Å². The average Bonchev–Trinajstić information content (AvgIpc) is 2.77. The zero-order valence-electron chi connectivity index (χ0n) is 17.6. The number of aryl methyl sites for hydroxylation is 1. The predicted octanol–water partition coefficient (Wildman–Crippen LogP) is 3.39. The number of nitriles is 1. The number of nitrogens with zero attached hydrogens (tertiary/aromatic N) is 3. The third-order valence-corrected chi connectivity index (χ3v) is 6.59. The third kappa shape index (κ3) is 5.00. The Morgan fingerprint density at radius 2 is 1.83 bits per heavy atom. The molecule has 2 aromatic rings. The molecule has 2 amide bonds. The standard InChI is InChI=1S/C23H26N4O2S/c1-15-16(2)20(13-24)23(25-17(15)3)30-14-21(28)27-11-9-19(10-12-27)26-22(29)18-7-5-4-6-8-18/h4-8,19H,9-12,14H2,1-3H3,(H,26,29). The molecule has 0 atom stereocenters. The summed E-state index contributed by atoms with van der Waals surface area (Å²) in [6, 6.07) is 11.5. The van der Waals surface area contributed by atoms with Crippen LogP contribution in [0.15, 0.2) is 35.4 Å². The summed E-state index contributed by atoms with van der Waals surface area (Å²) in [4.78, 5) is 31.3. The highest BCUT2D eigenvalue weighted by Gasteiger charge is 2.24. The molecule has 0 bridgehead atoms. The van der Waals surface area contributed by atoms with Crippen LogP contribution < -0.4 is 5.32 Å². The Bertz CT molecular complexity index is 977. The molecule has 1 aliphatic heterocycles. The minimum Gasteiger partial charge on any atom is -0.349 e. The Kier molecular flexibility index (Phi) is 7.11. The van der Waals surface area contributed by atoms with Gasteiger partial charge >= 0.3 is 0 Å². The van der Waals surface area contributed by atoms with Gasteiger partial charge in [-0.2, -0.15) is 5.26 Å². The molecule has 0 radical (unpaired) electrons. The zero-order valence-corrected chi connectivity index (χ0v) is 18.4. The van der Waals surface area contributed by atoms with Crippen LogP contribution in [0.4, 0.5) is 0 Å². The van der Waals surface area contributed by atoms with Crippen molar-refractivity contribution in [2.45, 2.75) is 44.7 Å². The second kappa shape index (κ2) is 9.77. The number of likely N-dealkylation sites (tertiary alicyclic amines) is 1. The summed E-state index contributed by atoms with van der Waals surface area (Å²) in [5.74, 6) is 0.218. The van der Waals surface area contributed by atoms with Gasteiger partial charge in [0.05, 0.1) is 11.3 Å². The minimum absolute atomic E-state index is 0.0365. The second-order valence-corrected chi connectivity index (χ2v) is 8.49. The monoisotopic (exact) mass is 422 g/mol. The molecule has 0 saturated carbocycles. The maximum Gasteiger partial charge on any atom is 0.251 e. The summed E-state index contributed by atoms with van der Waals surface area (Å²) in [6.45, 7) is 7.03. The molecule has 0 aliphatic carbocycles. The molecule has 7 heteroatoms. The van der Waals surface area contributed by atoms with Gasteiger partial charge < -0.3 is 10.2 Å². The lowest BCUT2D eigenvalue weighted by Gasteiger charge is -2.32. The van der Waals surface area contributed by atoms with E-state index in [0.29, 0.717) is 29.2 Å². The SMILES string of the molecule is Cc1nc(SCC(=O)N2CCC(NC(=O)c3ccccc3)CC2)c(C#N)c(C)c1C. The number of pyridine rings is 1. The Labute approximate surface area is 181 Å². The van der Waals surface area contributed by atoms with Gasteiger partial charge in [0.25, 0.3) is 5.91 Å². The number of piperidine rings is 1. The van der Waals surface area contributed by atoms with E-state index in [0.717, 1.165) is 29.7 Å². The number of aromatic nitrogens is 1. The first-order valence-electron chi connectivity index (χ1n) is 10.0. The molecule has 0 spiro atoms. The lowest BCUT2D eigenvalue weighted by molar-refractivity contribution is -0.129. The molecule has 1 saturated heterocycles. The number of rotatable bonds is 5. The second-order valence-electron chi connectivity index (χ2n) is 7.52. The number of amides is 2. The fourth-order valence-electron chi connectivity index (χ4n) is 3.50. The summed E-state index contributed by atoms with van der Waals surface area (Å²) >= 11 is 1.32. The first-order chi connectivity index (χ1) is 14.4. The molecule has 0 unspecified atom stereocenters. The number of nitrogens with one attached hydrogen (secondary N) is 1. The van der Waals surface area contributed by atoms with Crippen LogP contribution in [-0.2, 0) is 4.79 Å². The number of carbonyl (C=O) groups is 2. The largest absolute Gasteiger partial charge is 0.349 e. The number of thioether (sulfide) groups is 1. The van der Waals surface area contributed by atoms with Crippen molar-refractivity contribution in [3.63, 3.8) is 0 Å². The average molecular weight is 423 g/mol. The molecule has 1 fully saturated rings. The summed E-state index contributed by atoms with van der Waals surface area (Å²) in [6.07, 6.45) is 1.47. The normalized spacial score (nSPS) is 14.3. The Morgan fingerprint density at radius 3 is 2.47 bits per heavy atom. The van der Waals surface area contributed by atoms with Gasteiger partial charge in [-0.1, -0.05) is 30.0 Å². The number of carbonyl (C=O) groups excluding carboxylic acids is 2. The van der Waals surface area contributed by atoms with Crippen LogP contribution >= 0.6 is 11.8 Å². The molecule has 1 aromatic carbocycles. The number of hydrogen-bond donors (Lipinski definition) is 1. The van der Waals surface area contributed by atoms with E-state index in [1.807, 2.05) is 43.9 Å². The zero-order chi connectivity index (χ0) is 21.7. The van der Waals surface area contributed by atoms with Gasteiger partial charge in [0.15, 0.2) is 0 Å². The molecule has 3 rings (SSSR count). The van der Waals surface area contributed by atoms with Crippen LogP contribution in [0.5, 0.6) is 0 Å².